The number of thiazole rings is 1. The molecule has 0 saturated heterocycles. The lowest BCUT2D eigenvalue weighted by atomic mass is 10.0. The summed E-state index contributed by atoms with van der Waals surface area (Å²) in [6.07, 6.45) is 6.26. The summed E-state index contributed by atoms with van der Waals surface area (Å²) >= 11 is 1.60. The Hall–Kier alpha value is -2.67. The second kappa shape index (κ2) is 7.52. The highest BCUT2D eigenvalue weighted by Gasteiger charge is 2.22. The predicted octanol–water partition coefficient (Wildman–Crippen LogP) is 3.54. The van der Waals surface area contributed by atoms with Crippen molar-refractivity contribution >= 4 is 33.5 Å². The third-order valence-corrected chi connectivity index (χ3v) is 5.98. The van der Waals surface area contributed by atoms with Crippen molar-refractivity contribution in [2.24, 2.45) is 0 Å². The molecule has 0 saturated carbocycles. The Kier molecular flexibility index (Phi) is 4.94. The van der Waals surface area contributed by atoms with E-state index in [2.05, 4.69) is 6.58 Å². The Balaban J connectivity index is 1.54. The quantitative estimate of drug-likeness (QED) is 0.611. The van der Waals surface area contributed by atoms with Crippen LogP contribution in [0.3, 0.4) is 0 Å². The largest absolute Gasteiger partial charge is 0.419 e. The van der Waals surface area contributed by atoms with E-state index in [1.54, 1.807) is 28.4 Å². The zero-order chi connectivity index (χ0) is 18.8. The summed E-state index contributed by atoms with van der Waals surface area (Å²) in [6, 6.07) is 7.23. The molecule has 140 valence electrons. The number of aryl methyl sites for hydroxylation is 3. The van der Waals surface area contributed by atoms with E-state index < -0.39 is 5.76 Å². The molecule has 0 fully saturated rings. The first kappa shape index (κ1) is 17.7. The molecule has 0 unspecified atom stereocenters. The van der Waals surface area contributed by atoms with Crippen LogP contribution >= 0.6 is 11.3 Å². The Morgan fingerprint density at radius 2 is 2.15 bits per heavy atom. The van der Waals surface area contributed by atoms with Crippen molar-refractivity contribution in [3.05, 3.63) is 58.0 Å². The van der Waals surface area contributed by atoms with E-state index in [1.807, 2.05) is 18.2 Å². The topological polar surface area (TPSA) is 68.3 Å². The summed E-state index contributed by atoms with van der Waals surface area (Å²) in [6.45, 7) is 4.45. The summed E-state index contributed by atoms with van der Waals surface area (Å²) in [7, 11) is 0. The monoisotopic (exact) mass is 383 g/mol. The summed E-state index contributed by atoms with van der Waals surface area (Å²) in [5.74, 6) is -0.512. The first-order valence-corrected chi connectivity index (χ1v) is 9.97. The lowest BCUT2D eigenvalue weighted by Gasteiger charge is -2.18. The molecular weight excluding hydrogens is 362 g/mol. The number of oxazole rings is 1. The third-order valence-electron chi connectivity index (χ3n) is 4.80. The van der Waals surface area contributed by atoms with Gasteiger partial charge in [-0.05, 0) is 37.8 Å². The average molecular weight is 383 g/mol. The van der Waals surface area contributed by atoms with Gasteiger partial charge < -0.3 is 4.42 Å². The standard InChI is InChI=1S/C20H21N3O3S/c1-2-12-23(19-21-14-7-3-6-10-17(14)27-19)18(24)11-13-22-15-8-4-5-9-16(15)26-20(22)25/h2,4-5,8-9H,1,3,6-7,10-13H2. The molecule has 1 aliphatic rings. The fourth-order valence-corrected chi connectivity index (χ4v) is 4.61. The van der Waals surface area contributed by atoms with Gasteiger partial charge in [-0.15, -0.1) is 17.9 Å². The van der Waals surface area contributed by atoms with Crippen LogP contribution < -0.4 is 10.7 Å². The van der Waals surface area contributed by atoms with Crippen molar-refractivity contribution in [3.8, 4) is 0 Å². The van der Waals surface area contributed by atoms with Crippen molar-refractivity contribution in [2.45, 2.75) is 38.6 Å². The number of carbonyl (C=O) groups excluding carboxylic acids is 1. The molecule has 1 aliphatic carbocycles. The lowest BCUT2D eigenvalue weighted by Crippen LogP contribution is -2.32. The zero-order valence-electron chi connectivity index (χ0n) is 15.0. The van der Waals surface area contributed by atoms with Crippen molar-refractivity contribution < 1.29 is 9.21 Å². The number of hydrogen-bond donors (Lipinski definition) is 0. The van der Waals surface area contributed by atoms with Crippen molar-refractivity contribution in [2.75, 3.05) is 11.4 Å². The van der Waals surface area contributed by atoms with Gasteiger partial charge >= 0.3 is 5.76 Å². The van der Waals surface area contributed by atoms with Gasteiger partial charge in [0.15, 0.2) is 10.7 Å². The Morgan fingerprint density at radius 3 is 2.96 bits per heavy atom. The molecule has 0 bridgehead atoms. The number of anilines is 1. The molecule has 1 amide bonds. The molecule has 0 aliphatic heterocycles. The van der Waals surface area contributed by atoms with Crippen LogP contribution in [0.25, 0.3) is 11.1 Å². The highest BCUT2D eigenvalue weighted by molar-refractivity contribution is 7.16. The van der Waals surface area contributed by atoms with Crippen LogP contribution in [-0.4, -0.2) is 22.0 Å². The zero-order valence-corrected chi connectivity index (χ0v) is 15.8. The van der Waals surface area contributed by atoms with Crippen LogP contribution in [0.5, 0.6) is 0 Å². The Morgan fingerprint density at radius 1 is 1.33 bits per heavy atom. The summed E-state index contributed by atoms with van der Waals surface area (Å²) in [5, 5.41) is 0.733. The van der Waals surface area contributed by atoms with Crippen molar-refractivity contribution in [3.63, 3.8) is 0 Å². The maximum absolute atomic E-state index is 12.9. The van der Waals surface area contributed by atoms with E-state index in [9.17, 15) is 9.59 Å². The second-order valence-electron chi connectivity index (χ2n) is 6.60. The average Bonchev–Trinajstić information content (AvgIpc) is 3.24. The van der Waals surface area contributed by atoms with Gasteiger partial charge in [-0.1, -0.05) is 18.2 Å². The molecule has 27 heavy (non-hydrogen) atoms. The smallest absolute Gasteiger partial charge is 0.408 e. The number of rotatable bonds is 6. The van der Waals surface area contributed by atoms with Gasteiger partial charge in [0.25, 0.3) is 0 Å². The number of amides is 1. The SMILES string of the molecule is C=CCN(C(=O)CCn1c(=O)oc2ccccc21)c1nc2c(s1)CCCC2. The van der Waals surface area contributed by atoms with E-state index in [4.69, 9.17) is 9.40 Å². The number of carbonyl (C=O) groups is 1. The van der Waals surface area contributed by atoms with Crippen LogP contribution in [0.2, 0.25) is 0 Å². The third kappa shape index (κ3) is 3.47. The number of aromatic nitrogens is 2. The van der Waals surface area contributed by atoms with Crippen LogP contribution in [0.4, 0.5) is 5.13 Å². The second-order valence-corrected chi connectivity index (χ2v) is 7.67. The predicted molar refractivity (Wildman–Crippen MR) is 106 cm³/mol. The molecule has 0 spiro atoms. The molecule has 7 heteroatoms. The molecule has 0 atom stereocenters. The highest BCUT2D eigenvalue weighted by atomic mass is 32.1. The maximum Gasteiger partial charge on any atom is 0.419 e. The molecule has 2 aromatic heterocycles. The minimum absolute atomic E-state index is 0.0711. The minimum Gasteiger partial charge on any atom is -0.408 e. The van der Waals surface area contributed by atoms with Crippen molar-refractivity contribution in [1.29, 1.82) is 0 Å². The molecule has 0 radical (unpaired) electrons. The van der Waals surface area contributed by atoms with E-state index in [-0.39, 0.29) is 18.9 Å². The molecule has 2 heterocycles. The van der Waals surface area contributed by atoms with Gasteiger partial charge in [0.1, 0.15) is 0 Å². The maximum atomic E-state index is 12.9. The molecule has 1 aromatic carbocycles. The minimum atomic E-state index is -0.441. The molecular formula is C20H21N3O3S. The van der Waals surface area contributed by atoms with Gasteiger partial charge in [-0.3, -0.25) is 14.3 Å². The molecule has 3 aromatic rings. The number of fused-ring (bicyclic) bond motifs is 2. The summed E-state index contributed by atoms with van der Waals surface area (Å²) in [4.78, 5) is 32.6. The van der Waals surface area contributed by atoms with Crippen LogP contribution in [0, 0.1) is 0 Å². The van der Waals surface area contributed by atoms with Crippen molar-refractivity contribution in [1.82, 2.24) is 9.55 Å². The van der Waals surface area contributed by atoms with Crippen LogP contribution in [0.1, 0.15) is 29.8 Å². The number of para-hydroxylation sites is 2. The van der Waals surface area contributed by atoms with E-state index >= 15 is 0 Å². The number of benzene rings is 1. The molecule has 6 nitrogen and oxygen atoms in total. The Bertz CT molecular complexity index is 1020. The Labute approximate surface area is 160 Å². The van der Waals surface area contributed by atoms with Gasteiger partial charge in [0.05, 0.1) is 11.2 Å². The van der Waals surface area contributed by atoms with Gasteiger partial charge in [-0.25, -0.2) is 9.78 Å². The first-order valence-electron chi connectivity index (χ1n) is 9.15. The fourth-order valence-electron chi connectivity index (χ4n) is 3.44. The van der Waals surface area contributed by atoms with Gasteiger partial charge in [0, 0.05) is 24.4 Å². The first-order chi connectivity index (χ1) is 13.2. The van der Waals surface area contributed by atoms with Crippen LogP contribution in [0.15, 0.2) is 46.1 Å². The highest BCUT2D eigenvalue weighted by Crippen LogP contribution is 2.32. The van der Waals surface area contributed by atoms with Gasteiger partial charge in [0.2, 0.25) is 5.91 Å². The van der Waals surface area contributed by atoms with E-state index in [0.29, 0.717) is 17.6 Å². The van der Waals surface area contributed by atoms with Crippen LogP contribution in [-0.2, 0) is 24.2 Å². The normalized spacial score (nSPS) is 13.5. The summed E-state index contributed by atoms with van der Waals surface area (Å²) < 4.78 is 6.74. The molecule has 0 N–H and O–H groups in total. The lowest BCUT2D eigenvalue weighted by molar-refractivity contribution is -0.118. The number of hydrogen-bond acceptors (Lipinski definition) is 5. The fraction of sp³-hybridized carbons (Fsp3) is 0.350. The molecule has 4 rings (SSSR count). The summed E-state index contributed by atoms with van der Waals surface area (Å²) in [5.41, 5.74) is 2.36. The number of nitrogens with zero attached hydrogens (tertiary/aromatic N) is 3. The van der Waals surface area contributed by atoms with Gasteiger partial charge in [-0.2, -0.15) is 0 Å². The van der Waals surface area contributed by atoms with E-state index in [0.717, 1.165) is 30.1 Å². The van der Waals surface area contributed by atoms with E-state index in [1.165, 1.54) is 15.9 Å².